The van der Waals surface area contributed by atoms with Gasteiger partial charge in [-0.05, 0) is 32.0 Å². The summed E-state index contributed by atoms with van der Waals surface area (Å²) in [5, 5.41) is 0.575. The van der Waals surface area contributed by atoms with Gasteiger partial charge in [-0.3, -0.25) is 0 Å². The summed E-state index contributed by atoms with van der Waals surface area (Å²) in [6.45, 7) is 3.01. The molecule has 0 amide bonds. The van der Waals surface area contributed by atoms with Gasteiger partial charge < -0.3 is 15.4 Å². The predicted octanol–water partition coefficient (Wildman–Crippen LogP) is 2.34. The van der Waals surface area contributed by atoms with Gasteiger partial charge in [0.1, 0.15) is 5.75 Å². The van der Waals surface area contributed by atoms with Gasteiger partial charge in [-0.2, -0.15) is 0 Å². The Morgan fingerprint density at radius 1 is 1.47 bits per heavy atom. The monoisotopic (exact) mass is 252 g/mol. The highest BCUT2D eigenvalue weighted by molar-refractivity contribution is 8.00. The second-order valence-electron chi connectivity index (χ2n) is 4.42. The van der Waals surface area contributed by atoms with E-state index in [1.807, 2.05) is 17.8 Å². The van der Waals surface area contributed by atoms with Crippen molar-refractivity contribution in [3.63, 3.8) is 0 Å². The van der Waals surface area contributed by atoms with Crippen LogP contribution in [0, 0.1) is 0 Å². The van der Waals surface area contributed by atoms with E-state index >= 15 is 0 Å². The van der Waals surface area contributed by atoms with Crippen molar-refractivity contribution in [2.75, 3.05) is 25.6 Å². The highest BCUT2D eigenvalue weighted by Gasteiger charge is 2.29. The first-order chi connectivity index (χ1) is 8.17. The van der Waals surface area contributed by atoms with Crippen LogP contribution in [0.1, 0.15) is 13.3 Å². The minimum Gasteiger partial charge on any atom is -0.497 e. The molecular weight excluding hydrogens is 232 g/mol. The number of fused-ring (bicyclic) bond motifs is 1. The number of hydrogen-bond acceptors (Lipinski definition) is 4. The Balaban J connectivity index is 2.31. The van der Waals surface area contributed by atoms with Crippen molar-refractivity contribution in [3.8, 4) is 5.75 Å². The first kappa shape index (κ1) is 12.6. The van der Waals surface area contributed by atoms with Crippen LogP contribution in [0.5, 0.6) is 5.75 Å². The zero-order chi connectivity index (χ0) is 12.4. The molecule has 0 aromatic heterocycles. The van der Waals surface area contributed by atoms with Gasteiger partial charge in [0, 0.05) is 29.3 Å². The molecule has 0 bridgehead atoms. The van der Waals surface area contributed by atoms with Crippen LogP contribution in [0.2, 0.25) is 0 Å². The zero-order valence-electron chi connectivity index (χ0n) is 10.6. The first-order valence-corrected chi connectivity index (χ1v) is 6.83. The van der Waals surface area contributed by atoms with E-state index in [2.05, 4.69) is 31.0 Å². The minimum absolute atomic E-state index is 0.503. The summed E-state index contributed by atoms with van der Waals surface area (Å²) in [7, 11) is 3.85. The number of methoxy groups -OCH3 is 1. The molecule has 0 saturated carbocycles. The molecule has 1 aromatic rings. The molecular formula is C13H20N2OS. The lowest BCUT2D eigenvalue weighted by Crippen LogP contribution is -2.41. The van der Waals surface area contributed by atoms with E-state index in [0.717, 1.165) is 18.7 Å². The SMILES string of the molecule is COc1ccc2c(c1)N(C)C(C)C(CCN)S2. The average molecular weight is 252 g/mol. The Bertz CT molecular complexity index is 397. The fourth-order valence-corrected chi connectivity index (χ4v) is 3.62. The van der Waals surface area contributed by atoms with Gasteiger partial charge in [0.15, 0.2) is 0 Å². The van der Waals surface area contributed by atoms with Gasteiger partial charge >= 0.3 is 0 Å². The summed E-state index contributed by atoms with van der Waals surface area (Å²) in [4.78, 5) is 3.65. The van der Waals surface area contributed by atoms with Gasteiger partial charge in [0.25, 0.3) is 0 Å². The normalized spacial score (nSPS) is 23.4. The smallest absolute Gasteiger partial charge is 0.121 e. The zero-order valence-corrected chi connectivity index (χ0v) is 11.5. The van der Waals surface area contributed by atoms with Crippen LogP contribution >= 0.6 is 11.8 Å². The molecule has 0 radical (unpaired) electrons. The summed E-state index contributed by atoms with van der Waals surface area (Å²) in [5.74, 6) is 0.917. The van der Waals surface area contributed by atoms with Crippen molar-refractivity contribution >= 4 is 17.4 Å². The molecule has 2 N–H and O–H groups in total. The predicted molar refractivity (Wildman–Crippen MR) is 74.2 cm³/mol. The van der Waals surface area contributed by atoms with Gasteiger partial charge in [-0.25, -0.2) is 0 Å². The van der Waals surface area contributed by atoms with Crippen LogP contribution in [-0.2, 0) is 0 Å². The van der Waals surface area contributed by atoms with Crippen molar-refractivity contribution in [2.45, 2.75) is 29.5 Å². The van der Waals surface area contributed by atoms with Crippen molar-refractivity contribution in [1.29, 1.82) is 0 Å². The third-order valence-corrected chi connectivity index (χ3v) is 4.96. The highest BCUT2D eigenvalue weighted by atomic mass is 32.2. The second kappa shape index (κ2) is 5.19. The maximum absolute atomic E-state index is 5.68. The third kappa shape index (κ3) is 2.38. The molecule has 0 spiro atoms. The summed E-state index contributed by atoms with van der Waals surface area (Å²) in [6, 6.07) is 6.78. The minimum atomic E-state index is 0.503. The Kier molecular flexibility index (Phi) is 3.84. The number of hydrogen-bond donors (Lipinski definition) is 1. The van der Waals surface area contributed by atoms with Crippen molar-refractivity contribution in [3.05, 3.63) is 18.2 Å². The number of benzene rings is 1. The summed E-state index contributed by atoms with van der Waals surface area (Å²) in [5.41, 5.74) is 6.94. The van der Waals surface area contributed by atoms with Gasteiger partial charge in [0.2, 0.25) is 0 Å². The van der Waals surface area contributed by atoms with E-state index in [0.29, 0.717) is 11.3 Å². The van der Waals surface area contributed by atoms with Crippen LogP contribution in [0.4, 0.5) is 5.69 Å². The molecule has 4 heteroatoms. The molecule has 0 fully saturated rings. The molecule has 1 aliphatic heterocycles. The number of nitrogens with zero attached hydrogens (tertiary/aromatic N) is 1. The largest absolute Gasteiger partial charge is 0.497 e. The standard InChI is InChI=1S/C13H20N2OS/c1-9-12(6-7-14)17-13-5-4-10(16-3)8-11(13)15(9)2/h4-5,8-9,12H,6-7,14H2,1-3H3. The van der Waals surface area contributed by atoms with Crippen molar-refractivity contribution < 1.29 is 4.74 Å². The Hall–Kier alpha value is -0.870. The number of ether oxygens (including phenoxy) is 1. The fourth-order valence-electron chi connectivity index (χ4n) is 2.19. The number of nitrogens with two attached hydrogens (primary N) is 1. The number of rotatable bonds is 3. The topological polar surface area (TPSA) is 38.5 Å². The van der Waals surface area contributed by atoms with E-state index in [-0.39, 0.29) is 0 Å². The Morgan fingerprint density at radius 2 is 2.24 bits per heavy atom. The van der Waals surface area contributed by atoms with E-state index < -0.39 is 0 Å². The van der Waals surface area contributed by atoms with Crippen LogP contribution in [0.15, 0.2) is 23.1 Å². The molecule has 94 valence electrons. The molecule has 1 heterocycles. The van der Waals surface area contributed by atoms with Crippen LogP contribution in [0.3, 0.4) is 0 Å². The summed E-state index contributed by atoms with van der Waals surface area (Å²) in [6.07, 6.45) is 1.06. The Morgan fingerprint density at radius 3 is 2.88 bits per heavy atom. The lowest BCUT2D eigenvalue weighted by Gasteiger charge is -2.39. The van der Waals surface area contributed by atoms with Gasteiger partial charge in [-0.15, -0.1) is 11.8 Å². The summed E-state index contributed by atoms with van der Waals surface area (Å²) < 4.78 is 5.28. The quantitative estimate of drug-likeness (QED) is 0.896. The van der Waals surface area contributed by atoms with Gasteiger partial charge in [-0.1, -0.05) is 0 Å². The molecule has 1 aromatic carbocycles. The van der Waals surface area contributed by atoms with Crippen LogP contribution in [-0.4, -0.2) is 32.0 Å². The molecule has 0 aliphatic carbocycles. The van der Waals surface area contributed by atoms with E-state index in [9.17, 15) is 0 Å². The molecule has 2 unspecified atom stereocenters. The van der Waals surface area contributed by atoms with E-state index in [4.69, 9.17) is 10.5 Å². The van der Waals surface area contributed by atoms with Crippen molar-refractivity contribution in [2.24, 2.45) is 5.73 Å². The molecule has 0 saturated heterocycles. The number of anilines is 1. The molecule has 17 heavy (non-hydrogen) atoms. The second-order valence-corrected chi connectivity index (χ2v) is 5.70. The third-order valence-electron chi connectivity index (χ3n) is 3.42. The molecule has 2 rings (SSSR count). The maximum atomic E-state index is 5.68. The van der Waals surface area contributed by atoms with Crippen LogP contribution < -0.4 is 15.4 Å². The van der Waals surface area contributed by atoms with Crippen LogP contribution in [0.25, 0.3) is 0 Å². The highest BCUT2D eigenvalue weighted by Crippen LogP contribution is 2.43. The molecule has 2 atom stereocenters. The average Bonchev–Trinajstić information content (AvgIpc) is 2.35. The fraction of sp³-hybridized carbons (Fsp3) is 0.538. The Labute approximate surface area is 107 Å². The van der Waals surface area contributed by atoms with E-state index in [1.165, 1.54) is 10.6 Å². The van der Waals surface area contributed by atoms with Gasteiger partial charge in [0.05, 0.1) is 12.8 Å². The lowest BCUT2D eigenvalue weighted by molar-refractivity contribution is 0.414. The first-order valence-electron chi connectivity index (χ1n) is 5.95. The van der Waals surface area contributed by atoms with E-state index in [1.54, 1.807) is 7.11 Å². The molecule has 1 aliphatic rings. The lowest BCUT2D eigenvalue weighted by atomic mass is 10.1. The number of thioether (sulfide) groups is 1. The van der Waals surface area contributed by atoms with Crippen molar-refractivity contribution in [1.82, 2.24) is 0 Å². The molecule has 3 nitrogen and oxygen atoms in total. The summed E-state index contributed by atoms with van der Waals surface area (Å²) >= 11 is 1.94. The maximum Gasteiger partial charge on any atom is 0.121 e.